The van der Waals surface area contributed by atoms with E-state index in [0.717, 1.165) is 56.3 Å². The lowest BCUT2D eigenvalue weighted by atomic mass is 9.60. The molecule has 4 rings (SSSR count). The van der Waals surface area contributed by atoms with Crippen molar-refractivity contribution in [1.29, 1.82) is 0 Å². The summed E-state index contributed by atoms with van der Waals surface area (Å²) in [7, 11) is 2.18. The number of piperidine rings is 2. The number of benzene rings is 1. The molecule has 5 heteroatoms. The highest BCUT2D eigenvalue weighted by atomic mass is 16.2. The highest BCUT2D eigenvalue weighted by molar-refractivity contribution is 5.96. The maximum atomic E-state index is 13.6. The van der Waals surface area contributed by atoms with Gasteiger partial charge < -0.3 is 15.5 Å². The van der Waals surface area contributed by atoms with Gasteiger partial charge in [-0.25, -0.2) is 0 Å². The molecule has 1 saturated carbocycles. The third kappa shape index (κ3) is 5.05. The van der Waals surface area contributed by atoms with Gasteiger partial charge in [-0.3, -0.25) is 9.59 Å². The second kappa shape index (κ2) is 10.8. The smallest absolute Gasteiger partial charge is 0.251 e. The maximum absolute atomic E-state index is 13.6. The quantitative estimate of drug-likeness (QED) is 0.597. The molecule has 5 nitrogen and oxygen atoms in total. The molecule has 0 radical (unpaired) electrons. The monoisotopic (exact) mass is 467 g/mol. The highest BCUT2D eigenvalue weighted by Gasteiger charge is 2.52. The molecule has 2 aliphatic heterocycles. The van der Waals surface area contributed by atoms with E-state index in [0.29, 0.717) is 18.4 Å². The summed E-state index contributed by atoms with van der Waals surface area (Å²) in [4.78, 5) is 29.5. The molecule has 0 aromatic heterocycles. The van der Waals surface area contributed by atoms with Crippen molar-refractivity contribution in [3.63, 3.8) is 0 Å². The average Bonchev–Trinajstić information content (AvgIpc) is 3.09. The van der Waals surface area contributed by atoms with E-state index in [9.17, 15) is 9.59 Å². The number of likely N-dealkylation sites (tertiary alicyclic amines) is 1. The minimum absolute atomic E-state index is 0.0288. The summed E-state index contributed by atoms with van der Waals surface area (Å²) in [5.74, 6) is 1.24. The predicted molar refractivity (Wildman–Crippen MR) is 138 cm³/mol. The normalized spacial score (nSPS) is 29.9. The zero-order valence-corrected chi connectivity index (χ0v) is 21.8. The summed E-state index contributed by atoms with van der Waals surface area (Å²) < 4.78 is 0. The minimum atomic E-state index is -0.508. The van der Waals surface area contributed by atoms with Crippen LogP contribution in [-0.4, -0.2) is 49.4 Å². The molecule has 2 heterocycles. The van der Waals surface area contributed by atoms with Gasteiger partial charge in [0.1, 0.15) is 0 Å². The summed E-state index contributed by atoms with van der Waals surface area (Å²) in [5, 5.41) is 6.53. The molecule has 3 fully saturated rings. The first kappa shape index (κ1) is 25.2. The van der Waals surface area contributed by atoms with Gasteiger partial charge in [0.15, 0.2) is 0 Å². The van der Waals surface area contributed by atoms with Crippen molar-refractivity contribution in [3.8, 4) is 0 Å². The van der Waals surface area contributed by atoms with Gasteiger partial charge in [-0.15, -0.1) is 0 Å². The van der Waals surface area contributed by atoms with Gasteiger partial charge in [0.2, 0.25) is 5.91 Å². The van der Waals surface area contributed by atoms with Crippen LogP contribution < -0.4 is 10.6 Å². The standard InChI is InChI=1S/C29H45N3O2/c1-20-18-21(2)31-28(34)29(20,24-10-7-5-6-8-11-24)19-30-27(33)26-13-9-12-25(22(26)3)23-14-16-32(4)17-15-23/h9,12-13,20-21,23-24H,5-8,10-11,14-19H2,1-4H3,(H,30,33)(H,31,34). The molecule has 2 amide bonds. The Bertz CT molecular complexity index is 868. The van der Waals surface area contributed by atoms with Gasteiger partial charge in [-0.05, 0) is 101 Å². The fourth-order valence-corrected chi connectivity index (χ4v) is 7.15. The molecule has 3 unspecified atom stereocenters. The summed E-state index contributed by atoms with van der Waals surface area (Å²) in [6, 6.07) is 6.39. The lowest BCUT2D eigenvalue weighted by molar-refractivity contribution is -0.143. The van der Waals surface area contributed by atoms with Crippen LogP contribution in [0.1, 0.15) is 99.0 Å². The van der Waals surface area contributed by atoms with Crippen molar-refractivity contribution in [2.24, 2.45) is 17.3 Å². The van der Waals surface area contributed by atoms with Crippen molar-refractivity contribution >= 4 is 11.8 Å². The van der Waals surface area contributed by atoms with Gasteiger partial charge >= 0.3 is 0 Å². The van der Waals surface area contributed by atoms with Crippen LogP contribution in [0.5, 0.6) is 0 Å². The maximum Gasteiger partial charge on any atom is 0.251 e. The Balaban J connectivity index is 1.54. The predicted octanol–water partition coefficient (Wildman–Crippen LogP) is 5.04. The van der Waals surface area contributed by atoms with E-state index in [1.807, 2.05) is 12.1 Å². The van der Waals surface area contributed by atoms with E-state index >= 15 is 0 Å². The molecular formula is C29H45N3O2. The molecule has 3 atom stereocenters. The fourth-order valence-electron chi connectivity index (χ4n) is 7.15. The van der Waals surface area contributed by atoms with Crippen LogP contribution in [0.3, 0.4) is 0 Å². The number of hydrogen-bond acceptors (Lipinski definition) is 3. The molecule has 188 valence electrons. The van der Waals surface area contributed by atoms with E-state index in [1.165, 1.54) is 31.2 Å². The molecule has 2 N–H and O–H groups in total. The second-order valence-electron chi connectivity index (χ2n) is 11.5. The van der Waals surface area contributed by atoms with Crippen LogP contribution in [0.2, 0.25) is 0 Å². The molecule has 1 aromatic rings. The fraction of sp³-hybridized carbons (Fsp3) is 0.724. The molecule has 3 aliphatic rings. The van der Waals surface area contributed by atoms with Crippen LogP contribution in [0.4, 0.5) is 0 Å². The summed E-state index contributed by atoms with van der Waals surface area (Å²) in [6.07, 6.45) is 10.3. The van der Waals surface area contributed by atoms with Crippen LogP contribution in [0.15, 0.2) is 18.2 Å². The summed E-state index contributed by atoms with van der Waals surface area (Å²) in [5.41, 5.74) is 2.68. The number of carbonyl (C=O) groups excluding carboxylic acids is 2. The largest absolute Gasteiger partial charge is 0.353 e. The lowest BCUT2D eigenvalue weighted by Crippen LogP contribution is -2.61. The molecule has 0 spiro atoms. The lowest BCUT2D eigenvalue weighted by Gasteiger charge is -2.48. The third-order valence-electron chi connectivity index (χ3n) is 9.29. The van der Waals surface area contributed by atoms with Crippen LogP contribution in [0, 0.1) is 24.2 Å². The van der Waals surface area contributed by atoms with Crippen molar-refractivity contribution in [2.45, 2.75) is 90.5 Å². The Morgan fingerprint density at radius 3 is 2.41 bits per heavy atom. The number of rotatable bonds is 5. The molecule has 0 bridgehead atoms. The SMILES string of the molecule is Cc1c(C(=O)NCC2(C3CCCCCC3)C(=O)NC(C)CC2C)cccc1C1CCN(C)CC1. The highest BCUT2D eigenvalue weighted by Crippen LogP contribution is 2.47. The Labute approximate surface area is 206 Å². The van der Waals surface area contributed by atoms with Crippen molar-refractivity contribution in [2.75, 3.05) is 26.7 Å². The summed E-state index contributed by atoms with van der Waals surface area (Å²) >= 11 is 0. The minimum Gasteiger partial charge on any atom is -0.353 e. The molecule has 1 aromatic carbocycles. The summed E-state index contributed by atoms with van der Waals surface area (Å²) in [6.45, 7) is 9.08. The molecule has 2 saturated heterocycles. The first-order chi connectivity index (χ1) is 16.3. The van der Waals surface area contributed by atoms with Gasteiger partial charge in [0.05, 0.1) is 5.41 Å². The Hall–Kier alpha value is -1.88. The zero-order chi connectivity index (χ0) is 24.3. The van der Waals surface area contributed by atoms with Crippen LogP contribution in [-0.2, 0) is 4.79 Å². The topological polar surface area (TPSA) is 61.4 Å². The Kier molecular flexibility index (Phi) is 8.01. The van der Waals surface area contributed by atoms with Gasteiger partial charge in [0, 0.05) is 18.2 Å². The Morgan fingerprint density at radius 1 is 1.09 bits per heavy atom. The third-order valence-corrected chi connectivity index (χ3v) is 9.29. The van der Waals surface area contributed by atoms with Gasteiger partial charge in [0.25, 0.3) is 5.91 Å². The van der Waals surface area contributed by atoms with Gasteiger partial charge in [-0.2, -0.15) is 0 Å². The number of amides is 2. The van der Waals surface area contributed by atoms with E-state index < -0.39 is 5.41 Å². The van der Waals surface area contributed by atoms with Crippen molar-refractivity contribution < 1.29 is 9.59 Å². The molecular weight excluding hydrogens is 422 g/mol. The Morgan fingerprint density at radius 2 is 1.76 bits per heavy atom. The zero-order valence-electron chi connectivity index (χ0n) is 21.8. The van der Waals surface area contributed by atoms with E-state index in [4.69, 9.17) is 0 Å². The first-order valence-electron chi connectivity index (χ1n) is 13.7. The van der Waals surface area contributed by atoms with Crippen LogP contribution in [0.25, 0.3) is 0 Å². The van der Waals surface area contributed by atoms with Crippen LogP contribution >= 0.6 is 0 Å². The number of hydrogen-bond donors (Lipinski definition) is 2. The second-order valence-corrected chi connectivity index (χ2v) is 11.5. The van der Waals surface area contributed by atoms with E-state index in [-0.39, 0.29) is 23.8 Å². The van der Waals surface area contributed by atoms with Gasteiger partial charge in [-0.1, -0.05) is 44.7 Å². The van der Waals surface area contributed by atoms with Crippen molar-refractivity contribution in [1.82, 2.24) is 15.5 Å². The number of nitrogens with zero attached hydrogens (tertiary/aromatic N) is 1. The van der Waals surface area contributed by atoms with E-state index in [2.05, 4.69) is 49.4 Å². The first-order valence-corrected chi connectivity index (χ1v) is 13.7. The molecule has 34 heavy (non-hydrogen) atoms. The van der Waals surface area contributed by atoms with Crippen molar-refractivity contribution in [3.05, 3.63) is 34.9 Å². The number of carbonyl (C=O) groups is 2. The van der Waals surface area contributed by atoms with E-state index in [1.54, 1.807) is 0 Å². The number of nitrogens with one attached hydrogen (secondary N) is 2. The molecule has 1 aliphatic carbocycles. The average molecular weight is 468 g/mol.